The van der Waals surface area contributed by atoms with E-state index in [4.69, 9.17) is 0 Å². The Labute approximate surface area is 98.9 Å². The lowest BCUT2D eigenvalue weighted by molar-refractivity contribution is -0.385. The van der Waals surface area contributed by atoms with Crippen molar-refractivity contribution in [1.82, 2.24) is 0 Å². The summed E-state index contributed by atoms with van der Waals surface area (Å²) < 4.78 is 0.742. The average Bonchev–Trinajstić information content (AvgIpc) is 2.15. The summed E-state index contributed by atoms with van der Waals surface area (Å²) in [5.74, 6) is 0. The van der Waals surface area contributed by atoms with Crippen LogP contribution in [0.3, 0.4) is 0 Å². The molecule has 5 heteroatoms. The van der Waals surface area contributed by atoms with Gasteiger partial charge in [-0.2, -0.15) is 0 Å². The van der Waals surface area contributed by atoms with E-state index in [9.17, 15) is 10.1 Å². The lowest BCUT2D eigenvalue weighted by Crippen LogP contribution is -1.96. The van der Waals surface area contributed by atoms with Crippen LogP contribution in [0.2, 0.25) is 0 Å². The van der Waals surface area contributed by atoms with Gasteiger partial charge in [-0.1, -0.05) is 37.9 Å². The van der Waals surface area contributed by atoms with Crippen molar-refractivity contribution in [3.8, 4) is 0 Å². The topological polar surface area (TPSA) is 43.1 Å². The molecule has 0 unspecified atom stereocenters. The smallest absolute Gasteiger partial charge is 0.258 e. The van der Waals surface area contributed by atoms with Crippen molar-refractivity contribution in [2.75, 3.05) is 5.33 Å². The van der Waals surface area contributed by atoms with Gasteiger partial charge in [-0.25, -0.2) is 0 Å². The molecule has 0 N–H and O–H groups in total. The molecule has 0 aliphatic rings. The largest absolute Gasteiger partial charge is 0.273 e. The van der Waals surface area contributed by atoms with E-state index in [-0.39, 0.29) is 10.6 Å². The Morgan fingerprint density at radius 3 is 2.71 bits per heavy atom. The Hall–Kier alpha value is -0.420. The highest BCUT2D eigenvalue weighted by Crippen LogP contribution is 2.24. The van der Waals surface area contributed by atoms with Crippen LogP contribution in [-0.2, 0) is 6.42 Å². The molecule has 76 valence electrons. The Balaban J connectivity index is 2.96. The molecule has 1 aromatic carbocycles. The third-order valence-electron chi connectivity index (χ3n) is 1.82. The molecule has 0 spiro atoms. The summed E-state index contributed by atoms with van der Waals surface area (Å²) in [5.41, 5.74) is 0.984. The molecule has 0 aliphatic carbocycles. The summed E-state index contributed by atoms with van der Waals surface area (Å²) in [7, 11) is 0. The molecular formula is C9H9Br2NO2. The normalized spacial score (nSPS) is 10.1. The summed E-state index contributed by atoms with van der Waals surface area (Å²) >= 11 is 6.52. The van der Waals surface area contributed by atoms with Crippen LogP contribution < -0.4 is 0 Å². The first-order valence-electron chi connectivity index (χ1n) is 4.14. The Morgan fingerprint density at radius 2 is 2.14 bits per heavy atom. The molecule has 0 heterocycles. The van der Waals surface area contributed by atoms with Gasteiger partial charge in [0.25, 0.3) is 5.69 Å². The summed E-state index contributed by atoms with van der Waals surface area (Å²) in [4.78, 5) is 10.4. The van der Waals surface area contributed by atoms with E-state index in [1.807, 2.05) is 6.07 Å². The van der Waals surface area contributed by atoms with Gasteiger partial charge in [0.2, 0.25) is 0 Å². The summed E-state index contributed by atoms with van der Waals surface area (Å²) in [6.45, 7) is 0. The maximum absolute atomic E-state index is 10.7. The summed E-state index contributed by atoms with van der Waals surface area (Å²) in [6, 6.07) is 5.17. The average molecular weight is 323 g/mol. The molecular weight excluding hydrogens is 314 g/mol. The molecule has 0 saturated carbocycles. The van der Waals surface area contributed by atoms with Crippen LogP contribution in [0, 0.1) is 10.1 Å². The van der Waals surface area contributed by atoms with Gasteiger partial charge in [0.1, 0.15) is 0 Å². The van der Waals surface area contributed by atoms with Crippen molar-refractivity contribution in [1.29, 1.82) is 0 Å². The maximum Gasteiger partial charge on any atom is 0.273 e. The van der Waals surface area contributed by atoms with Gasteiger partial charge in [-0.3, -0.25) is 10.1 Å². The Kier molecular flexibility index (Phi) is 4.54. The van der Waals surface area contributed by atoms with E-state index in [2.05, 4.69) is 31.9 Å². The van der Waals surface area contributed by atoms with E-state index in [0.29, 0.717) is 0 Å². The lowest BCUT2D eigenvalue weighted by Gasteiger charge is -2.01. The first kappa shape index (κ1) is 11.7. The fraction of sp³-hybridized carbons (Fsp3) is 0.333. The number of alkyl halides is 1. The zero-order chi connectivity index (χ0) is 10.6. The number of rotatable bonds is 4. The molecule has 0 amide bonds. The lowest BCUT2D eigenvalue weighted by atomic mass is 10.1. The van der Waals surface area contributed by atoms with E-state index >= 15 is 0 Å². The zero-order valence-electron chi connectivity index (χ0n) is 7.37. The van der Waals surface area contributed by atoms with Crippen molar-refractivity contribution >= 4 is 37.5 Å². The first-order chi connectivity index (χ1) is 6.65. The van der Waals surface area contributed by atoms with Crippen molar-refractivity contribution in [2.45, 2.75) is 12.8 Å². The van der Waals surface area contributed by atoms with Crippen LogP contribution in [0.4, 0.5) is 5.69 Å². The monoisotopic (exact) mass is 321 g/mol. The first-order valence-corrected chi connectivity index (χ1v) is 6.05. The highest BCUT2D eigenvalue weighted by Gasteiger charge is 2.12. The highest BCUT2D eigenvalue weighted by atomic mass is 79.9. The number of aryl methyl sites for hydroxylation is 1. The fourth-order valence-electron chi connectivity index (χ4n) is 1.18. The molecule has 14 heavy (non-hydrogen) atoms. The van der Waals surface area contributed by atoms with Crippen molar-refractivity contribution in [3.63, 3.8) is 0 Å². The minimum Gasteiger partial charge on any atom is -0.258 e. The van der Waals surface area contributed by atoms with Gasteiger partial charge in [-0.05, 0) is 18.9 Å². The maximum atomic E-state index is 10.7. The molecule has 1 rings (SSSR count). The van der Waals surface area contributed by atoms with Crippen molar-refractivity contribution < 1.29 is 4.92 Å². The number of hydrogen-bond donors (Lipinski definition) is 0. The van der Waals surface area contributed by atoms with Gasteiger partial charge >= 0.3 is 0 Å². The molecule has 0 radical (unpaired) electrons. The quantitative estimate of drug-likeness (QED) is 0.482. The zero-order valence-corrected chi connectivity index (χ0v) is 10.5. The number of nitro benzene ring substituents is 1. The Morgan fingerprint density at radius 1 is 1.43 bits per heavy atom. The fourth-order valence-corrected chi connectivity index (χ4v) is 1.80. The Bertz CT molecular complexity index is 342. The number of nitro groups is 1. The predicted octanol–water partition coefficient (Wildman–Crippen LogP) is 3.68. The second kappa shape index (κ2) is 5.46. The molecule has 0 saturated heterocycles. The molecule has 0 bridgehead atoms. The van der Waals surface area contributed by atoms with E-state index in [0.717, 1.165) is 28.2 Å². The van der Waals surface area contributed by atoms with E-state index in [1.54, 1.807) is 12.1 Å². The standard InChI is InChI=1S/C9H9Br2NO2/c10-5-1-2-7-3-4-8(11)6-9(7)12(13)14/h3-4,6H,1-2,5H2. The minimum atomic E-state index is -0.339. The van der Waals surface area contributed by atoms with Crippen LogP contribution in [-0.4, -0.2) is 10.3 Å². The number of hydrogen-bond acceptors (Lipinski definition) is 2. The highest BCUT2D eigenvalue weighted by molar-refractivity contribution is 9.10. The molecule has 0 aromatic heterocycles. The van der Waals surface area contributed by atoms with Gasteiger partial charge in [-0.15, -0.1) is 0 Å². The molecule has 0 atom stereocenters. The van der Waals surface area contributed by atoms with E-state index in [1.165, 1.54) is 0 Å². The molecule has 3 nitrogen and oxygen atoms in total. The molecule has 1 aromatic rings. The van der Waals surface area contributed by atoms with Crippen LogP contribution in [0.25, 0.3) is 0 Å². The molecule has 0 aliphatic heterocycles. The van der Waals surface area contributed by atoms with Gasteiger partial charge in [0.05, 0.1) is 4.92 Å². The minimum absolute atomic E-state index is 0.195. The number of halogens is 2. The SMILES string of the molecule is O=[N+]([O-])c1cc(Br)ccc1CCCBr. The van der Waals surface area contributed by atoms with Gasteiger partial charge in [0.15, 0.2) is 0 Å². The summed E-state index contributed by atoms with van der Waals surface area (Å²) in [5, 5.41) is 11.6. The van der Waals surface area contributed by atoms with Crippen molar-refractivity contribution in [3.05, 3.63) is 38.3 Å². The predicted molar refractivity (Wildman–Crippen MR) is 62.9 cm³/mol. The van der Waals surface area contributed by atoms with Crippen molar-refractivity contribution in [2.24, 2.45) is 0 Å². The number of benzene rings is 1. The molecule has 0 fully saturated rings. The van der Waals surface area contributed by atoms with Gasteiger partial charge in [0, 0.05) is 21.4 Å². The number of nitrogens with zero attached hydrogens (tertiary/aromatic N) is 1. The second-order valence-corrected chi connectivity index (χ2v) is 4.53. The summed E-state index contributed by atoms with van der Waals surface area (Å²) in [6.07, 6.45) is 1.64. The van der Waals surface area contributed by atoms with E-state index < -0.39 is 0 Å². The van der Waals surface area contributed by atoms with Crippen LogP contribution in [0.15, 0.2) is 22.7 Å². The second-order valence-electron chi connectivity index (χ2n) is 2.82. The van der Waals surface area contributed by atoms with Crippen LogP contribution in [0.5, 0.6) is 0 Å². The van der Waals surface area contributed by atoms with Gasteiger partial charge < -0.3 is 0 Å². The van der Waals surface area contributed by atoms with Crippen LogP contribution in [0.1, 0.15) is 12.0 Å². The third kappa shape index (κ3) is 3.06. The third-order valence-corrected chi connectivity index (χ3v) is 2.88. The van der Waals surface area contributed by atoms with Crippen LogP contribution >= 0.6 is 31.9 Å².